The number of allylic oxidation sites excluding steroid dienone is 2. The Bertz CT molecular complexity index is 418. The zero-order chi connectivity index (χ0) is 12.0. The molecule has 84 valence electrons. The summed E-state index contributed by atoms with van der Waals surface area (Å²) in [7, 11) is 0. The summed E-state index contributed by atoms with van der Waals surface area (Å²) < 4.78 is 0. The van der Waals surface area contributed by atoms with Gasteiger partial charge >= 0.3 is 0 Å². The lowest BCUT2D eigenvalue weighted by Crippen LogP contribution is -2.18. The van der Waals surface area contributed by atoms with Crippen LogP contribution in [0.2, 0.25) is 0 Å². The third-order valence-electron chi connectivity index (χ3n) is 1.78. The standard InChI is InChI=1S/C12H14N2O2/c1-9(8-10(2)15)13-14-12(16)11-6-4-3-5-7-11/h3-8,15H,1-2H3,(H,14,16)/p-1. The molecule has 1 aromatic rings. The van der Waals surface area contributed by atoms with Gasteiger partial charge in [0.05, 0.1) is 5.71 Å². The Balaban J connectivity index is 2.63. The lowest BCUT2D eigenvalue weighted by molar-refractivity contribution is -0.301. The summed E-state index contributed by atoms with van der Waals surface area (Å²) in [6, 6.07) is 8.75. The highest BCUT2D eigenvalue weighted by Crippen LogP contribution is 1.97. The van der Waals surface area contributed by atoms with Crippen molar-refractivity contribution in [3.63, 3.8) is 0 Å². The molecule has 4 nitrogen and oxygen atoms in total. The molecule has 0 saturated heterocycles. The second kappa shape index (κ2) is 5.70. The van der Waals surface area contributed by atoms with E-state index in [1.807, 2.05) is 6.07 Å². The molecule has 0 unspecified atom stereocenters. The normalized spacial score (nSPS) is 12.4. The highest BCUT2D eigenvalue weighted by molar-refractivity contribution is 5.97. The Morgan fingerprint density at radius 3 is 2.50 bits per heavy atom. The van der Waals surface area contributed by atoms with E-state index >= 15 is 0 Å². The molecule has 0 heterocycles. The number of hydrogen-bond donors (Lipinski definition) is 1. The fraction of sp³-hybridized carbons (Fsp3) is 0.167. The van der Waals surface area contributed by atoms with Crippen LogP contribution in [0, 0.1) is 0 Å². The predicted octanol–water partition coefficient (Wildman–Crippen LogP) is 1.06. The van der Waals surface area contributed by atoms with E-state index in [1.54, 1.807) is 31.2 Å². The third-order valence-corrected chi connectivity index (χ3v) is 1.78. The molecule has 0 aliphatic rings. The number of hydrazone groups is 1. The minimum atomic E-state index is -0.295. The molecule has 0 aromatic heterocycles. The Morgan fingerprint density at radius 1 is 1.31 bits per heavy atom. The van der Waals surface area contributed by atoms with Crippen molar-refractivity contribution in [3.05, 3.63) is 47.7 Å². The molecule has 0 spiro atoms. The number of amides is 1. The SMILES string of the molecule is CC([O-])=CC(C)=NNC(=O)c1ccccc1. The van der Waals surface area contributed by atoms with E-state index in [9.17, 15) is 9.90 Å². The Kier molecular flexibility index (Phi) is 4.27. The second-order valence-electron chi connectivity index (χ2n) is 3.32. The summed E-state index contributed by atoms with van der Waals surface area (Å²) in [6.07, 6.45) is 1.35. The van der Waals surface area contributed by atoms with Crippen LogP contribution in [0.1, 0.15) is 24.2 Å². The molecule has 0 fully saturated rings. The molecule has 1 N–H and O–H groups in total. The number of carbonyl (C=O) groups is 1. The summed E-state index contributed by atoms with van der Waals surface area (Å²) in [5.74, 6) is -0.396. The van der Waals surface area contributed by atoms with E-state index in [0.29, 0.717) is 11.3 Å². The maximum atomic E-state index is 11.5. The molecule has 1 rings (SSSR count). The Hall–Kier alpha value is -2.10. The first kappa shape index (κ1) is 12.0. The monoisotopic (exact) mass is 217 g/mol. The molecule has 4 heteroatoms. The van der Waals surface area contributed by atoms with Crippen LogP contribution in [0.25, 0.3) is 0 Å². The van der Waals surface area contributed by atoms with Gasteiger partial charge in [-0.3, -0.25) is 4.79 Å². The van der Waals surface area contributed by atoms with E-state index in [-0.39, 0.29) is 11.7 Å². The fourth-order valence-corrected chi connectivity index (χ4v) is 1.12. The van der Waals surface area contributed by atoms with Crippen molar-refractivity contribution >= 4 is 11.6 Å². The minimum absolute atomic E-state index is 0.102. The zero-order valence-corrected chi connectivity index (χ0v) is 9.23. The first-order valence-electron chi connectivity index (χ1n) is 4.84. The smallest absolute Gasteiger partial charge is 0.271 e. The third kappa shape index (κ3) is 3.96. The molecule has 0 aliphatic heterocycles. The first-order valence-corrected chi connectivity index (χ1v) is 4.84. The van der Waals surface area contributed by atoms with Gasteiger partial charge in [0, 0.05) is 5.56 Å². The molecule has 1 amide bonds. The zero-order valence-electron chi connectivity index (χ0n) is 9.23. The van der Waals surface area contributed by atoms with Crippen LogP contribution in [-0.4, -0.2) is 11.6 Å². The van der Waals surface area contributed by atoms with Crippen LogP contribution in [0.15, 0.2) is 47.3 Å². The van der Waals surface area contributed by atoms with Gasteiger partial charge in [-0.2, -0.15) is 5.10 Å². The summed E-state index contributed by atoms with van der Waals surface area (Å²) in [5, 5.41) is 14.5. The van der Waals surface area contributed by atoms with E-state index in [1.165, 1.54) is 13.0 Å². The van der Waals surface area contributed by atoms with Gasteiger partial charge in [0.25, 0.3) is 5.91 Å². The highest BCUT2D eigenvalue weighted by Gasteiger charge is 2.01. The van der Waals surface area contributed by atoms with Gasteiger partial charge in [-0.25, -0.2) is 5.43 Å². The topological polar surface area (TPSA) is 64.5 Å². The molecule has 0 radical (unpaired) electrons. The quantitative estimate of drug-likeness (QED) is 0.467. The van der Waals surface area contributed by atoms with Crippen molar-refractivity contribution < 1.29 is 9.90 Å². The lowest BCUT2D eigenvalue weighted by Gasteiger charge is -2.03. The second-order valence-corrected chi connectivity index (χ2v) is 3.32. The maximum Gasteiger partial charge on any atom is 0.271 e. The van der Waals surface area contributed by atoms with Crippen molar-refractivity contribution in [2.45, 2.75) is 13.8 Å². The summed E-state index contributed by atoms with van der Waals surface area (Å²) in [6.45, 7) is 3.07. The fourth-order valence-electron chi connectivity index (χ4n) is 1.12. The van der Waals surface area contributed by atoms with Gasteiger partial charge in [-0.05, 0) is 19.1 Å². The minimum Gasteiger partial charge on any atom is -0.876 e. The van der Waals surface area contributed by atoms with Crippen molar-refractivity contribution in [2.24, 2.45) is 5.10 Å². The van der Waals surface area contributed by atoms with E-state index in [0.717, 1.165) is 0 Å². The molecule has 1 aromatic carbocycles. The van der Waals surface area contributed by atoms with Gasteiger partial charge in [-0.1, -0.05) is 31.2 Å². The largest absolute Gasteiger partial charge is 0.876 e. The molecule has 16 heavy (non-hydrogen) atoms. The first-order chi connectivity index (χ1) is 7.59. The van der Waals surface area contributed by atoms with Crippen molar-refractivity contribution in [3.8, 4) is 0 Å². The molecular formula is C12H13N2O2-. The average Bonchev–Trinajstić information content (AvgIpc) is 2.26. The van der Waals surface area contributed by atoms with Crippen molar-refractivity contribution in [1.29, 1.82) is 0 Å². The lowest BCUT2D eigenvalue weighted by atomic mass is 10.2. The highest BCUT2D eigenvalue weighted by atomic mass is 16.3. The summed E-state index contributed by atoms with van der Waals surface area (Å²) in [5.41, 5.74) is 3.37. The molecule has 0 saturated carbocycles. The van der Waals surface area contributed by atoms with E-state index < -0.39 is 0 Å². The van der Waals surface area contributed by atoms with E-state index in [4.69, 9.17) is 0 Å². The Labute approximate surface area is 94.3 Å². The van der Waals surface area contributed by atoms with E-state index in [2.05, 4.69) is 10.5 Å². The van der Waals surface area contributed by atoms with Gasteiger partial charge in [-0.15, -0.1) is 5.76 Å². The molecule has 0 bridgehead atoms. The Morgan fingerprint density at radius 2 is 1.94 bits per heavy atom. The van der Waals surface area contributed by atoms with Crippen LogP contribution < -0.4 is 10.5 Å². The maximum absolute atomic E-state index is 11.5. The van der Waals surface area contributed by atoms with Gasteiger partial charge in [0.1, 0.15) is 0 Å². The number of benzene rings is 1. The van der Waals surface area contributed by atoms with Gasteiger partial charge in [0.2, 0.25) is 0 Å². The predicted molar refractivity (Wildman–Crippen MR) is 60.8 cm³/mol. The number of carbonyl (C=O) groups excluding carboxylic acids is 1. The summed E-state index contributed by atoms with van der Waals surface area (Å²) >= 11 is 0. The van der Waals surface area contributed by atoms with Crippen LogP contribution in [-0.2, 0) is 0 Å². The number of nitrogens with zero attached hydrogens (tertiary/aromatic N) is 1. The molecular weight excluding hydrogens is 204 g/mol. The molecule has 0 atom stereocenters. The van der Waals surface area contributed by atoms with Crippen LogP contribution >= 0.6 is 0 Å². The van der Waals surface area contributed by atoms with Gasteiger partial charge in [0.15, 0.2) is 0 Å². The van der Waals surface area contributed by atoms with Crippen molar-refractivity contribution in [1.82, 2.24) is 5.43 Å². The van der Waals surface area contributed by atoms with Crippen LogP contribution in [0.4, 0.5) is 0 Å². The molecule has 0 aliphatic carbocycles. The van der Waals surface area contributed by atoms with Gasteiger partial charge < -0.3 is 5.11 Å². The average molecular weight is 217 g/mol. The number of hydrogen-bond acceptors (Lipinski definition) is 3. The summed E-state index contributed by atoms with van der Waals surface area (Å²) in [4.78, 5) is 11.5. The number of rotatable bonds is 3. The van der Waals surface area contributed by atoms with Crippen LogP contribution in [0.3, 0.4) is 0 Å². The van der Waals surface area contributed by atoms with Crippen LogP contribution in [0.5, 0.6) is 0 Å². The number of nitrogens with one attached hydrogen (secondary N) is 1. The van der Waals surface area contributed by atoms with Crippen molar-refractivity contribution in [2.75, 3.05) is 0 Å².